The van der Waals surface area contributed by atoms with Crippen molar-refractivity contribution in [2.24, 2.45) is 12.5 Å². The molecule has 1 aliphatic carbocycles. The summed E-state index contributed by atoms with van der Waals surface area (Å²) in [6.45, 7) is 6.50. The maximum atomic E-state index is 10.1. The quantitative estimate of drug-likeness (QED) is 0.342. The number of aliphatic hydroxyl groups is 1. The molecule has 0 bridgehead atoms. The third-order valence-corrected chi connectivity index (χ3v) is 8.77. The molecule has 0 unspecified atom stereocenters. The van der Waals surface area contributed by atoms with Gasteiger partial charge in [-0.05, 0) is 67.9 Å². The van der Waals surface area contributed by atoms with Gasteiger partial charge in [-0.1, -0.05) is 11.6 Å². The second-order valence-corrected chi connectivity index (χ2v) is 11.9. The third-order valence-electron chi connectivity index (χ3n) is 7.69. The first-order valence-corrected chi connectivity index (χ1v) is 14.4. The van der Waals surface area contributed by atoms with Crippen LogP contribution in [-0.4, -0.2) is 77.0 Å². The molecule has 1 spiro atoms. The molecule has 3 heterocycles. The van der Waals surface area contributed by atoms with Crippen LogP contribution in [0.4, 0.5) is 5.82 Å². The van der Waals surface area contributed by atoms with Crippen LogP contribution in [0.5, 0.6) is 5.75 Å². The number of nitrogens with zero attached hydrogens (tertiary/aromatic N) is 6. The van der Waals surface area contributed by atoms with E-state index in [4.69, 9.17) is 36.3 Å². The molecule has 0 radical (unpaired) electrons. The summed E-state index contributed by atoms with van der Waals surface area (Å²) in [6, 6.07) is 7.42. The summed E-state index contributed by atoms with van der Waals surface area (Å²) in [5, 5.41) is 26.9. The number of hydrogen-bond acceptors (Lipinski definition) is 9. The van der Waals surface area contributed by atoms with E-state index in [2.05, 4.69) is 37.3 Å². The highest BCUT2D eigenvalue weighted by molar-refractivity contribution is 9.10. The fraction of sp³-hybridized carbons (Fsp3) is 0.500. The molecule has 12 heteroatoms. The van der Waals surface area contributed by atoms with E-state index < -0.39 is 6.10 Å². The number of aliphatic hydroxyl groups excluding tert-OH is 1. The minimum absolute atomic E-state index is 0.139. The number of aryl methyl sites for hydroxylation is 1. The Morgan fingerprint density at radius 2 is 2.02 bits per heavy atom. The summed E-state index contributed by atoms with van der Waals surface area (Å²) < 4.78 is 14.1. The van der Waals surface area contributed by atoms with Gasteiger partial charge in [0.1, 0.15) is 35.5 Å². The van der Waals surface area contributed by atoms with Crippen LogP contribution in [-0.2, 0) is 11.8 Å². The normalized spacial score (nSPS) is 16.9. The Hall–Kier alpha value is -2.75. The van der Waals surface area contributed by atoms with Crippen molar-refractivity contribution in [2.75, 3.05) is 44.8 Å². The average Bonchev–Trinajstić information content (AvgIpc) is 3.13. The van der Waals surface area contributed by atoms with Crippen molar-refractivity contribution in [1.82, 2.24) is 25.1 Å². The molecule has 10 nitrogen and oxygen atoms in total. The minimum Gasteiger partial charge on any atom is -0.491 e. The molecular formula is C28H33BrClN7O3. The van der Waals surface area contributed by atoms with Crippen LogP contribution in [0.2, 0.25) is 5.02 Å². The number of likely N-dealkylation sites (N-methyl/N-ethyl adjacent to an activating group) is 1. The molecule has 1 aromatic carbocycles. The second kappa shape index (κ2) is 11.6. The van der Waals surface area contributed by atoms with Crippen LogP contribution >= 0.6 is 27.5 Å². The molecule has 212 valence electrons. The van der Waals surface area contributed by atoms with E-state index >= 15 is 0 Å². The van der Waals surface area contributed by atoms with Gasteiger partial charge in [0.05, 0.1) is 28.6 Å². The summed E-state index contributed by atoms with van der Waals surface area (Å²) in [5.41, 5.74) is 4.48. The zero-order valence-electron chi connectivity index (χ0n) is 23.0. The second-order valence-electron chi connectivity index (χ2n) is 10.8. The molecule has 0 amide bonds. The number of aromatic nitrogens is 4. The minimum atomic E-state index is -0.639. The van der Waals surface area contributed by atoms with E-state index in [0.29, 0.717) is 28.7 Å². The van der Waals surface area contributed by atoms with Crippen LogP contribution in [0, 0.1) is 30.6 Å². The smallest absolute Gasteiger partial charge is 0.163 e. The van der Waals surface area contributed by atoms with Crippen LogP contribution in [0.15, 0.2) is 22.8 Å². The predicted octanol–water partition coefficient (Wildman–Crippen LogP) is 4.04. The van der Waals surface area contributed by atoms with E-state index in [1.54, 1.807) is 19.2 Å². The average molecular weight is 631 g/mol. The number of rotatable bonds is 10. The van der Waals surface area contributed by atoms with Crippen molar-refractivity contribution in [3.63, 3.8) is 0 Å². The number of halogens is 2. The Labute approximate surface area is 247 Å². The van der Waals surface area contributed by atoms with Gasteiger partial charge in [0.2, 0.25) is 0 Å². The molecule has 5 rings (SSSR count). The maximum absolute atomic E-state index is 10.1. The third kappa shape index (κ3) is 5.56. The highest BCUT2D eigenvalue weighted by atomic mass is 79.9. The number of ether oxygens (including phenoxy) is 2. The molecule has 2 fully saturated rings. The topological polar surface area (TPSA) is 121 Å². The van der Waals surface area contributed by atoms with Crippen LogP contribution < -0.4 is 15.0 Å². The number of nitriles is 1. The van der Waals surface area contributed by atoms with Gasteiger partial charge < -0.3 is 24.8 Å². The first-order valence-electron chi connectivity index (χ1n) is 13.2. The molecule has 1 atom stereocenters. The summed E-state index contributed by atoms with van der Waals surface area (Å²) in [5.74, 6) is 1.92. The molecule has 3 aromatic rings. The Balaban J connectivity index is 1.50. The maximum Gasteiger partial charge on any atom is 0.163 e. The number of nitrogens with one attached hydrogen (secondary N) is 1. The SMILES string of the molecule is CNC[C@@H](O)COc1ccc(Cl)c(-c2nc(-c3c(C)c(Br)nn3C)c(C)c(N3CC4(CC(OCC#N)C4)C3)n2)c1. The first-order chi connectivity index (χ1) is 19.1. The van der Waals surface area contributed by atoms with Gasteiger partial charge in [-0.2, -0.15) is 10.4 Å². The summed E-state index contributed by atoms with van der Waals surface area (Å²) in [7, 11) is 3.68. The molecule has 2 aliphatic rings. The summed E-state index contributed by atoms with van der Waals surface area (Å²) >= 11 is 10.3. The van der Waals surface area contributed by atoms with E-state index in [9.17, 15) is 5.11 Å². The van der Waals surface area contributed by atoms with Crippen molar-refractivity contribution in [1.29, 1.82) is 5.26 Å². The van der Waals surface area contributed by atoms with Crippen molar-refractivity contribution in [3.8, 4) is 34.6 Å². The van der Waals surface area contributed by atoms with Gasteiger partial charge >= 0.3 is 0 Å². The predicted molar refractivity (Wildman–Crippen MR) is 157 cm³/mol. The lowest BCUT2D eigenvalue weighted by atomic mass is 9.61. The fourth-order valence-electron chi connectivity index (χ4n) is 5.69. The Bertz CT molecular complexity index is 1440. The zero-order chi connectivity index (χ0) is 28.6. The van der Waals surface area contributed by atoms with Crippen molar-refractivity contribution in [3.05, 3.63) is 39.0 Å². The molecule has 1 aliphatic heterocycles. The molecule has 2 aromatic heterocycles. The Morgan fingerprint density at radius 1 is 1.27 bits per heavy atom. The van der Waals surface area contributed by atoms with E-state index in [1.807, 2.05) is 31.6 Å². The monoisotopic (exact) mass is 629 g/mol. The zero-order valence-corrected chi connectivity index (χ0v) is 25.4. The van der Waals surface area contributed by atoms with Gasteiger partial charge in [-0.3, -0.25) is 4.68 Å². The lowest BCUT2D eigenvalue weighted by Gasteiger charge is -2.59. The molecule has 1 saturated heterocycles. The largest absolute Gasteiger partial charge is 0.491 e. The van der Waals surface area contributed by atoms with Crippen LogP contribution in [0.1, 0.15) is 24.0 Å². The van der Waals surface area contributed by atoms with E-state index in [0.717, 1.165) is 58.9 Å². The highest BCUT2D eigenvalue weighted by Gasteiger charge is 2.53. The lowest BCUT2D eigenvalue weighted by Crippen LogP contribution is -2.64. The number of hydrogen-bond donors (Lipinski definition) is 2. The highest BCUT2D eigenvalue weighted by Crippen LogP contribution is 2.51. The van der Waals surface area contributed by atoms with Gasteiger partial charge in [-0.15, -0.1) is 0 Å². The molecule has 40 heavy (non-hydrogen) atoms. The number of benzene rings is 1. The van der Waals surface area contributed by atoms with Crippen molar-refractivity contribution < 1.29 is 14.6 Å². The van der Waals surface area contributed by atoms with Crippen LogP contribution in [0.25, 0.3) is 22.8 Å². The van der Waals surface area contributed by atoms with Gasteiger partial charge in [0.15, 0.2) is 5.82 Å². The van der Waals surface area contributed by atoms with Gasteiger partial charge in [-0.25, -0.2) is 9.97 Å². The van der Waals surface area contributed by atoms with E-state index in [-0.39, 0.29) is 24.7 Å². The van der Waals surface area contributed by atoms with Crippen molar-refractivity contribution in [2.45, 2.75) is 38.9 Å². The van der Waals surface area contributed by atoms with Crippen LogP contribution in [0.3, 0.4) is 0 Å². The van der Waals surface area contributed by atoms with Crippen molar-refractivity contribution >= 4 is 33.3 Å². The molecular weight excluding hydrogens is 598 g/mol. The van der Waals surface area contributed by atoms with Gasteiger partial charge in [0, 0.05) is 48.8 Å². The summed E-state index contributed by atoms with van der Waals surface area (Å²) in [6.07, 6.45) is 1.42. The molecule has 2 N–H and O–H groups in total. The fourth-order valence-corrected chi connectivity index (χ4v) is 6.32. The Morgan fingerprint density at radius 3 is 2.67 bits per heavy atom. The van der Waals surface area contributed by atoms with Gasteiger partial charge in [0.25, 0.3) is 0 Å². The lowest BCUT2D eigenvalue weighted by molar-refractivity contribution is -0.0835. The first kappa shape index (κ1) is 28.8. The number of anilines is 1. The molecule has 1 saturated carbocycles. The van der Waals surface area contributed by atoms with E-state index in [1.165, 1.54) is 0 Å². The Kier molecular flexibility index (Phi) is 8.36. The standard InChI is InChI=1S/C28H33BrClN7O3/c1-16-23(24-17(2)25(29)35-36(24)4)33-26(21-9-19(5-6-22(21)30)40-13-18(38)12-32-3)34-27(16)37-14-28(15-37)10-20(11-28)39-8-7-31/h5-6,9,18,20,32,38H,8,10-15H2,1-4H3/t18-/m1/s1. The summed E-state index contributed by atoms with van der Waals surface area (Å²) in [4.78, 5) is 12.3.